The van der Waals surface area contributed by atoms with Crippen LogP contribution in [0.15, 0.2) is 0 Å². The lowest BCUT2D eigenvalue weighted by Gasteiger charge is -2.08. The lowest BCUT2D eigenvalue weighted by molar-refractivity contribution is -0.122. The maximum absolute atomic E-state index is 11.1. The van der Waals surface area contributed by atoms with Gasteiger partial charge in [0.05, 0.1) is 6.04 Å². The van der Waals surface area contributed by atoms with Crippen molar-refractivity contribution in [1.29, 1.82) is 0 Å². The molecule has 0 heterocycles. The number of nitrogens with one attached hydrogen (secondary N) is 1. The molecule has 0 aromatic rings. The van der Waals surface area contributed by atoms with Crippen molar-refractivity contribution >= 4 is 5.91 Å². The molecule has 1 fully saturated rings. The summed E-state index contributed by atoms with van der Waals surface area (Å²) >= 11 is 0. The molecule has 1 aliphatic rings. The zero-order chi connectivity index (χ0) is 8.97. The van der Waals surface area contributed by atoms with E-state index >= 15 is 0 Å². The summed E-state index contributed by atoms with van der Waals surface area (Å²) in [5.41, 5.74) is 5.54. The standard InChI is InChI=1S/C9H18N2O/c1-2-8(10)9(12)11-6-5-7-3-4-7/h7-8H,2-6,10H2,1H3,(H,11,12). The molecule has 1 rings (SSSR count). The number of rotatable bonds is 5. The summed E-state index contributed by atoms with van der Waals surface area (Å²) < 4.78 is 0. The zero-order valence-electron chi connectivity index (χ0n) is 7.68. The van der Waals surface area contributed by atoms with Gasteiger partial charge in [0.2, 0.25) is 5.91 Å². The van der Waals surface area contributed by atoms with Crippen molar-refractivity contribution < 1.29 is 4.79 Å². The molecule has 70 valence electrons. The fourth-order valence-electron chi connectivity index (χ4n) is 1.12. The average molecular weight is 170 g/mol. The van der Waals surface area contributed by atoms with Crippen LogP contribution in [0.2, 0.25) is 0 Å². The first-order chi connectivity index (χ1) is 5.74. The van der Waals surface area contributed by atoms with Crippen LogP contribution in [-0.2, 0) is 4.79 Å². The van der Waals surface area contributed by atoms with Gasteiger partial charge in [-0.05, 0) is 18.8 Å². The molecule has 0 radical (unpaired) electrons. The lowest BCUT2D eigenvalue weighted by Crippen LogP contribution is -2.40. The summed E-state index contributed by atoms with van der Waals surface area (Å²) in [7, 11) is 0. The topological polar surface area (TPSA) is 55.1 Å². The second-order valence-electron chi connectivity index (χ2n) is 3.54. The van der Waals surface area contributed by atoms with Crippen LogP contribution in [0.3, 0.4) is 0 Å². The van der Waals surface area contributed by atoms with Crippen molar-refractivity contribution in [2.24, 2.45) is 11.7 Å². The van der Waals surface area contributed by atoms with Gasteiger partial charge in [0.15, 0.2) is 0 Å². The number of nitrogens with two attached hydrogens (primary N) is 1. The molecule has 1 aliphatic carbocycles. The van der Waals surface area contributed by atoms with Crippen molar-refractivity contribution in [3.8, 4) is 0 Å². The summed E-state index contributed by atoms with van der Waals surface area (Å²) in [5, 5.41) is 2.84. The molecule has 1 saturated carbocycles. The van der Waals surface area contributed by atoms with Gasteiger partial charge in [-0.15, -0.1) is 0 Å². The normalized spacial score (nSPS) is 18.8. The van der Waals surface area contributed by atoms with Gasteiger partial charge in [0, 0.05) is 6.54 Å². The van der Waals surface area contributed by atoms with Gasteiger partial charge in [-0.1, -0.05) is 19.8 Å². The second kappa shape index (κ2) is 4.45. The van der Waals surface area contributed by atoms with Crippen LogP contribution >= 0.6 is 0 Å². The summed E-state index contributed by atoms with van der Waals surface area (Å²) in [6, 6.07) is -0.316. The van der Waals surface area contributed by atoms with E-state index in [0.717, 1.165) is 25.3 Å². The van der Waals surface area contributed by atoms with E-state index in [1.165, 1.54) is 12.8 Å². The van der Waals surface area contributed by atoms with Gasteiger partial charge in [0.1, 0.15) is 0 Å². The number of carbonyl (C=O) groups excluding carboxylic acids is 1. The van der Waals surface area contributed by atoms with E-state index in [2.05, 4.69) is 5.32 Å². The molecule has 1 amide bonds. The zero-order valence-corrected chi connectivity index (χ0v) is 7.68. The van der Waals surface area contributed by atoms with Gasteiger partial charge in [0.25, 0.3) is 0 Å². The molecule has 0 bridgehead atoms. The molecule has 3 heteroatoms. The Kier molecular flexibility index (Phi) is 3.53. The predicted octanol–water partition coefficient (Wildman–Crippen LogP) is 0.640. The van der Waals surface area contributed by atoms with Gasteiger partial charge < -0.3 is 11.1 Å². The van der Waals surface area contributed by atoms with Gasteiger partial charge in [-0.3, -0.25) is 4.79 Å². The Morgan fingerprint density at radius 2 is 2.33 bits per heavy atom. The Morgan fingerprint density at radius 1 is 1.67 bits per heavy atom. The molecule has 0 aromatic carbocycles. The molecule has 0 spiro atoms. The third-order valence-corrected chi connectivity index (χ3v) is 2.33. The summed E-state index contributed by atoms with van der Waals surface area (Å²) in [6.07, 6.45) is 4.53. The van der Waals surface area contributed by atoms with Crippen LogP contribution in [0.25, 0.3) is 0 Å². The van der Waals surface area contributed by atoms with E-state index in [4.69, 9.17) is 5.73 Å². The fourth-order valence-corrected chi connectivity index (χ4v) is 1.12. The first-order valence-electron chi connectivity index (χ1n) is 4.77. The third-order valence-electron chi connectivity index (χ3n) is 2.33. The largest absolute Gasteiger partial charge is 0.355 e. The fraction of sp³-hybridized carbons (Fsp3) is 0.889. The monoisotopic (exact) mass is 170 g/mol. The highest BCUT2D eigenvalue weighted by Crippen LogP contribution is 2.31. The molecule has 1 unspecified atom stereocenters. The highest BCUT2D eigenvalue weighted by atomic mass is 16.2. The van der Waals surface area contributed by atoms with E-state index < -0.39 is 0 Å². The van der Waals surface area contributed by atoms with Crippen LogP contribution in [0.1, 0.15) is 32.6 Å². The van der Waals surface area contributed by atoms with E-state index in [9.17, 15) is 4.79 Å². The highest BCUT2D eigenvalue weighted by Gasteiger charge is 2.20. The lowest BCUT2D eigenvalue weighted by atomic mass is 10.2. The Labute approximate surface area is 73.7 Å². The Balaban J connectivity index is 2.00. The van der Waals surface area contributed by atoms with Gasteiger partial charge in [-0.25, -0.2) is 0 Å². The van der Waals surface area contributed by atoms with Crippen molar-refractivity contribution in [3.63, 3.8) is 0 Å². The van der Waals surface area contributed by atoms with Crippen LogP contribution in [0, 0.1) is 5.92 Å². The smallest absolute Gasteiger partial charge is 0.236 e. The number of hydrogen-bond donors (Lipinski definition) is 2. The van der Waals surface area contributed by atoms with E-state index in [0.29, 0.717) is 0 Å². The van der Waals surface area contributed by atoms with Crippen LogP contribution in [0.5, 0.6) is 0 Å². The quantitative estimate of drug-likeness (QED) is 0.636. The minimum atomic E-state index is -0.316. The molecule has 3 N–H and O–H groups in total. The molecule has 0 aromatic heterocycles. The van der Waals surface area contributed by atoms with E-state index in [1.54, 1.807) is 0 Å². The highest BCUT2D eigenvalue weighted by molar-refractivity contribution is 5.81. The minimum Gasteiger partial charge on any atom is -0.355 e. The molecule has 0 aliphatic heterocycles. The SMILES string of the molecule is CCC(N)C(=O)NCCC1CC1. The van der Waals surface area contributed by atoms with Gasteiger partial charge >= 0.3 is 0 Å². The van der Waals surface area contributed by atoms with Crippen LogP contribution in [0.4, 0.5) is 0 Å². The molecule has 0 saturated heterocycles. The number of amides is 1. The number of carbonyl (C=O) groups is 1. The maximum atomic E-state index is 11.1. The minimum absolute atomic E-state index is 0.00171. The first kappa shape index (κ1) is 9.52. The summed E-state index contributed by atoms with van der Waals surface area (Å²) in [4.78, 5) is 11.1. The van der Waals surface area contributed by atoms with Crippen molar-refractivity contribution in [2.45, 2.75) is 38.6 Å². The Bertz CT molecular complexity index is 155. The van der Waals surface area contributed by atoms with Crippen LogP contribution < -0.4 is 11.1 Å². The number of hydrogen-bond acceptors (Lipinski definition) is 2. The molecule has 12 heavy (non-hydrogen) atoms. The molecule has 3 nitrogen and oxygen atoms in total. The Morgan fingerprint density at radius 3 is 2.83 bits per heavy atom. The molecular weight excluding hydrogens is 152 g/mol. The van der Waals surface area contributed by atoms with Crippen LogP contribution in [-0.4, -0.2) is 18.5 Å². The predicted molar refractivity (Wildman–Crippen MR) is 48.6 cm³/mol. The van der Waals surface area contributed by atoms with Crippen molar-refractivity contribution in [1.82, 2.24) is 5.32 Å². The maximum Gasteiger partial charge on any atom is 0.236 e. The second-order valence-corrected chi connectivity index (χ2v) is 3.54. The van der Waals surface area contributed by atoms with E-state index in [1.807, 2.05) is 6.92 Å². The van der Waals surface area contributed by atoms with Gasteiger partial charge in [-0.2, -0.15) is 0 Å². The first-order valence-corrected chi connectivity index (χ1v) is 4.77. The average Bonchev–Trinajstić information content (AvgIpc) is 2.86. The van der Waals surface area contributed by atoms with E-state index in [-0.39, 0.29) is 11.9 Å². The summed E-state index contributed by atoms with van der Waals surface area (Å²) in [5.74, 6) is 0.876. The van der Waals surface area contributed by atoms with Crippen molar-refractivity contribution in [2.75, 3.05) is 6.54 Å². The van der Waals surface area contributed by atoms with Crippen molar-refractivity contribution in [3.05, 3.63) is 0 Å². The molecule has 1 atom stereocenters. The summed E-state index contributed by atoms with van der Waals surface area (Å²) in [6.45, 7) is 2.72. The third kappa shape index (κ3) is 3.22. The Hall–Kier alpha value is -0.570. The molecular formula is C9H18N2O.